The molecule has 0 atom stereocenters. The Kier molecular flexibility index (Phi) is 5.65. The molecule has 0 amide bonds. The predicted octanol–water partition coefficient (Wildman–Crippen LogP) is 2.46. The quantitative estimate of drug-likeness (QED) is 0.588. The summed E-state index contributed by atoms with van der Waals surface area (Å²) in [5.74, 6) is 0. The van der Waals surface area contributed by atoms with Crippen molar-refractivity contribution in [3.8, 4) is 0 Å². The van der Waals surface area contributed by atoms with Crippen LogP contribution in [0.15, 0.2) is 18.2 Å². The average molecular weight is 285 g/mol. The largest absolute Gasteiger partial charge is 0.148 e. The maximum atomic E-state index is 2.58. The summed E-state index contributed by atoms with van der Waals surface area (Å²) in [4.78, 5) is 0. The monoisotopic (exact) mass is 284 g/mol. The number of hydrogen-bond donors (Lipinski definition) is 0. The van der Waals surface area contributed by atoms with E-state index in [9.17, 15) is 0 Å². The summed E-state index contributed by atoms with van der Waals surface area (Å²) in [6.07, 6.45) is 0. The molecule has 0 spiro atoms. The van der Waals surface area contributed by atoms with E-state index in [2.05, 4.69) is 58.2 Å². The summed E-state index contributed by atoms with van der Waals surface area (Å²) in [6, 6.07) is 6.94. The molecule has 1 aromatic carbocycles. The molecule has 16 heavy (non-hydrogen) atoms. The van der Waals surface area contributed by atoms with Crippen LogP contribution in [0.2, 0.25) is 26.2 Å². The lowest BCUT2D eigenvalue weighted by Gasteiger charge is -2.25. The van der Waals surface area contributed by atoms with Gasteiger partial charge >= 0.3 is 0 Å². The molecule has 0 fully saturated rings. The fourth-order valence-electron chi connectivity index (χ4n) is 2.14. The first-order valence-electron chi connectivity index (χ1n) is 6.24. The molecule has 0 saturated heterocycles. The molecule has 1 aromatic rings. The highest BCUT2D eigenvalue weighted by Crippen LogP contribution is 2.39. The molecule has 4 heteroatoms. The van der Waals surface area contributed by atoms with Crippen LogP contribution in [-0.2, 0) is 0 Å². The molecule has 0 radical (unpaired) electrons. The Morgan fingerprint density at radius 1 is 1.00 bits per heavy atom. The Balaban J connectivity index is 2.90. The van der Waals surface area contributed by atoms with Crippen molar-refractivity contribution in [1.29, 1.82) is 0 Å². The summed E-state index contributed by atoms with van der Waals surface area (Å²) >= 11 is 0. The topological polar surface area (TPSA) is 0 Å². The summed E-state index contributed by atoms with van der Waals surface area (Å²) in [7, 11) is -0.677. The van der Waals surface area contributed by atoms with E-state index in [0.717, 1.165) is 0 Å². The van der Waals surface area contributed by atoms with Gasteiger partial charge in [-0.2, -0.15) is 0 Å². The van der Waals surface area contributed by atoms with Gasteiger partial charge in [0.15, 0.2) is 0 Å². The van der Waals surface area contributed by atoms with Crippen molar-refractivity contribution in [3.63, 3.8) is 0 Å². The highest BCUT2D eigenvalue weighted by molar-refractivity contribution is 8.28. The maximum absolute atomic E-state index is 2.58. The lowest BCUT2D eigenvalue weighted by molar-refractivity contribution is 1.37. The highest BCUT2D eigenvalue weighted by Gasteiger charge is 2.19. The SMILES string of the molecule is Cc1cccc([SiH2]P([SiH](C)C)[SiH](C)C)c1C. The van der Waals surface area contributed by atoms with Gasteiger partial charge < -0.3 is 0 Å². The number of hydrogen-bond acceptors (Lipinski definition) is 0. The second-order valence-corrected chi connectivity index (χ2v) is 31.2. The van der Waals surface area contributed by atoms with Crippen LogP contribution >= 0.6 is 6.57 Å². The van der Waals surface area contributed by atoms with Gasteiger partial charge in [-0.05, 0) is 25.0 Å². The number of aryl methyl sites for hydroxylation is 1. The normalized spacial score (nSPS) is 12.6. The standard InChI is InChI=1S/C12H25PSi3/c1-10-8-7-9-12(11(10)2)14-13(15(3)4)16(5)6/h7-9,15-16H,14H2,1-6H3. The molecule has 0 heterocycles. The summed E-state index contributed by atoms with van der Waals surface area (Å²) in [5, 5.41) is 1.77. The molecule has 1 rings (SSSR count). The van der Waals surface area contributed by atoms with E-state index in [1.165, 1.54) is 5.56 Å². The summed E-state index contributed by atoms with van der Waals surface area (Å²) < 4.78 is 0. The fourth-order valence-corrected chi connectivity index (χ4v) is 34.0. The molecule has 0 aliphatic carbocycles. The van der Waals surface area contributed by atoms with Gasteiger partial charge in [0.05, 0.1) is 26.1 Å². The molecular formula is C12H25PSi3. The molecule has 0 aliphatic rings. The van der Waals surface area contributed by atoms with Crippen LogP contribution in [0, 0.1) is 13.8 Å². The van der Waals surface area contributed by atoms with Crippen LogP contribution in [0.4, 0.5) is 0 Å². The fraction of sp³-hybridized carbons (Fsp3) is 0.500. The third kappa shape index (κ3) is 3.66. The zero-order chi connectivity index (χ0) is 12.3. The van der Waals surface area contributed by atoms with Crippen LogP contribution in [0.1, 0.15) is 11.1 Å². The van der Waals surface area contributed by atoms with Gasteiger partial charge in [0.1, 0.15) is 0 Å². The molecule has 0 N–H and O–H groups in total. The molecule has 0 aliphatic heterocycles. The number of benzene rings is 1. The van der Waals surface area contributed by atoms with Crippen molar-refractivity contribution >= 4 is 37.9 Å². The van der Waals surface area contributed by atoms with Gasteiger partial charge in [0.2, 0.25) is 0 Å². The Morgan fingerprint density at radius 3 is 2.06 bits per heavy atom. The Bertz CT molecular complexity index is 342. The highest BCUT2D eigenvalue weighted by atomic mass is 31.8. The van der Waals surface area contributed by atoms with Gasteiger partial charge in [0, 0.05) is 0 Å². The molecule has 0 unspecified atom stereocenters. The first kappa shape index (κ1) is 14.4. The van der Waals surface area contributed by atoms with E-state index in [1.807, 2.05) is 0 Å². The van der Waals surface area contributed by atoms with Crippen molar-refractivity contribution in [2.75, 3.05) is 0 Å². The molecule has 0 aromatic heterocycles. The van der Waals surface area contributed by atoms with Gasteiger partial charge in [-0.3, -0.25) is 0 Å². The maximum Gasteiger partial charge on any atom is 0.0737 e. The summed E-state index contributed by atoms with van der Waals surface area (Å²) in [6.45, 7) is 15.4. The molecule has 0 bridgehead atoms. The van der Waals surface area contributed by atoms with Crippen molar-refractivity contribution in [3.05, 3.63) is 29.3 Å². The second-order valence-electron chi connectivity index (χ2n) is 5.22. The third-order valence-electron chi connectivity index (χ3n) is 3.40. The van der Waals surface area contributed by atoms with Crippen LogP contribution in [0.25, 0.3) is 0 Å². The summed E-state index contributed by atoms with van der Waals surface area (Å²) in [5.41, 5.74) is 3.10. The smallest absolute Gasteiger partial charge is 0.0737 e. The Morgan fingerprint density at radius 2 is 1.56 bits per heavy atom. The second kappa shape index (κ2) is 6.29. The van der Waals surface area contributed by atoms with E-state index in [1.54, 1.807) is 10.8 Å². The van der Waals surface area contributed by atoms with Crippen LogP contribution in [0.3, 0.4) is 0 Å². The molecule has 0 saturated carbocycles. The van der Waals surface area contributed by atoms with E-state index in [4.69, 9.17) is 0 Å². The zero-order valence-electron chi connectivity index (χ0n) is 11.5. The van der Waals surface area contributed by atoms with E-state index in [-0.39, 0.29) is 26.1 Å². The van der Waals surface area contributed by atoms with Crippen molar-refractivity contribution in [1.82, 2.24) is 0 Å². The Hall–Kier alpha value is 0.301. The van der Waals surface area contributed by atoms with Gasteiger partial charge in [-0.25, -0.2) is 0 Å². The minimum atomic E-state index is -0.361. The van der Waals surface area contributed by atoms with E-state index < -0.39 is 0 Å². The van der Waals surface area contributed by atoms with Gasteiger partial charge in [-0.1, -0.05) is 49.6 Å². The molecule has 0 nitrogen and oxygen atoms in total. The van der Waals surface area contributed by atoms with Crippen LogP contribution in [0.5, 0.6) is 0 Å². The minimum absolute atomic E-state index is 0.0456. The number of rotatable bonds is 4. The van der Waals surface area contributed by atoms with Gasteiger partial charge in [0.25, 0.3) is 0 Å². The lowest BCUT2D eigenvalue weighted by Crippen LogP contribution is -2.25. The first-order chi connectivity index (χ1) is 7.43. The predicted molar refractivity (Wildman–Crippen MR) is 88.8 cm³/mol. The van der Waals surface area contributed by atoms with Gasteiger partial charge in [-0.15, -0.1) is 6.57 Å². The Labute approximate surface area is 107 Å². The minimum Gasteiger partial charge on any atom is -0.148 e. The third-order valence-corrected chi connectivity index (χ3v) is 44.8. The van der Waals surface area contributed by atoms with E-state index >= 15 is 0 Å². The average Bonchev–Trinajstić information content (AvgIpc) is 2.19. The van der Waals surface area contributed by atoms with Crippen LogP contribution < -0.4 is 5.19 Å². The van der Waals surface area contributed by atoms with Crippen molar-refractivity contribution in [2.24, 2.45) is 0 Å². The van der Waals surface area contributed by atoms with Crippen LogP contribution in [-0.4, -0.2) is 26.1 Å². The molecular weight excluding hydrogens is 259 g/mol. The van der Waals surface area contributed by atoms with Crippen molar-refractivity contribution in [2.45, 2.75) is 40.0 Å². The van der Waals surface area contributed by atoms with E-state index in [0.29, 0.717) is 6.57 Å². The molecule has 90 valence electrons. The van der Waals surface area contributed by atoms with Crippen molar-refractivity contribution < 1.29 is 0 Å². The lowest BCUT2D eigenvalue weighted by atomic mass is 10.1. The first-order valence-corrected chi connectivity index (χ1v) is 18.2. The zero-order valence-corrected chi connectivity index (χ0v) is 16.2.